The molecule has 17 heavy (non-hydrogen) atoms. The van der Waals surface area contributed by atoms with Crippen molar-refractivity contribution in [3.05, 3.63) is 35.4 Å². The molecule has 0 bridgehead atoms. The standard InChI is InChI=1S/C12H11ClF3N/c13-7-3-4-9(8-17)10-5-1-2-6-11(10)12(14,15)16/h1-2,5-6,9H,3-4,7H2/t9-/m1/s1. The Kier molecular flexibility index (Phi) is 4.83. The predicted molar refractivity (Wildman–Crippen MR) is 59.8 cm³/mol. The molecule has 0 amide bonds. The molecule has 0 N–H and O–H groups in total. The molecular weight excluding hydrogens is 251 g/mol. The van der Waals surface area contributed by atoms with Gasteiger partial charge >= 0.3 is 6.18 Å². The molecule has 0 aromatic heterocycles. The Balaban J connectivity index is 3.08. The van der Waals surface area contributed by atoms with Crippen LogP contribution < -0.4 is 0 Å². The quantitative estimate of drug-likeness (QED) is 0.740. The fourth-order valence-electron chi connectivity index (χ4n) is 1.63. The van der Waals surface area contributed by atoms with Crippen molar-refractivity contribution in [2.45, 2.75) is 24.9 Å². The Morgan fingerprint density at radius 2 is 1.94 bits per heavy atom. The average molecular weight is 262 g/mol. The third kappa shape index (κ3) is 3.64. The zero-order chi connectivity index (χ0) is 12.9. The number of halogens is 4. The monoisotopic (exact) mass is 261 g/mol. The van der Waals surface area contributed by atoms with Crippen molar-refractivity contribution in [2.24, 2.45) is 0 Å². The normalized spacial score (nSPS) is 13.1. The van der Waals surface area contributed by atoms with Crippen LogP contribution >= 0.6 is 11.6 Å². The van der Waals surface area contributed by atoms with E-state index in [1.807, 2.05) is 6.07 Å². The molecule has 0 radical (unpaired) electrons. The molecule has 0 heterocycles. The van der Waals surface area contributed by atoms with Gasteiger partial charge in [0.1, 0.15) is 0 Å². The summed E-state index contributed by atoms with van der Waals surface area (Å²) in [6.07, 6.45) is -3.56. The van der Waals surface area contributed by atoms with Crippen LogP contribution in [0.25, 0.3) is 0 Å². The SMILES string of the molecule is N#C[C@@H](CCCCl)c1ccccc1C(F)(F)F. The molecule has 5 heteroatoms. The van der Waals surface area contributed by atoms with Crippen molar-refractivity contribution in [3.8, 4) is 6.07 Å². The van der Waals surface area contributed by atoms with Gasteiger partial charge in [-0.25, -0.2) is 0 Å². The van der Waals surface area contributed by atoms with Gasteiger partial charge in [0.2, 0.25) is 0 Å². The molecule has 1 atom stereocenters. The highest BCUT2D eigenvalue weighted by atomic mass is 35.5. The Bertz CT molecular complexity index is 409. The third-order valence-corrected chi connectivity index (χ3v) is 2.69. The second-order valence-corrected chi connectivity index (χ2v) is 3.98. The second kappa shape index (κ2) is 5.92. The lowest BCUT2D eigenvalue weighted by Gasteiger charge is -2.16. The van der Waals surface area contributed by atoms with E-state index in [1.165, 1.54) is 18.2 Å². The summed E-state index contributed by atoms with van der Waals surface area (Å²) in [5.74, 6) is -0.418. The lowest BCUT2D eigenvalue weighted by molar-refractivity contribution is -0.138. The molecule has 0 aliphatic heterocycles. The van der Waals surface area contributed by atoms with Gasteiger partial charge < -0.3 is 0 Å². The van der Waals surface area contributed by atoms with Gasteiger partial charge in [0, 0.05) is 5.88 Å². The summed E-state index contributed by atoms with van der Waals surface area (Å²) < 4.78 is 38.2. The molecule has 1 aromatic carbocycles. The first-order chi connectivity index (χ1) is 8.00. The van der Waals surface area contributed by atoms with Crippen molar-refractivity contribution >= 4 is 11.6 Å². The van der Waals surface area contributed by atoms with Crippen molar-refractivity contribution in [2.75, 3.05) is 5.88 Å². The van der Waals surface area contributed by atoms with E-state index < -0.39 is 17.7 Å². The minimum absolute atomic E-state index is 0.0348. The average Bonchev–Trinajstić information content (AvgIpc) is 2.29. The van der Waals surface area contributed by atoms with E-state index in [-0.39, 0.29) is 5.56 Å². The molecule has 0 saturated heterocycles. The first-order valence-electron chi connectivity index (χ1n) is 5.12. The zero-order valence-corrected chi connectivity index (χ0v) is 9.72. The molecule has 0 aliphatic carbocycles. The van der Waals surface area contributed by atoms with E-state index in [4.69, 9.17) is 16.9 Å². The minimum atomic E-state index is -4.42. The van der Waals surface area contributed by atoms with Crippen molar-refractivity contribution < 1.29 is 13.2 Å². The first kappa shape index (κ1) is 13.9. The van der Waals surface area contributed by atoms with Crippen LogP contribution in [0.1, 0.15) is 29.9 Å². The van der Waals surface area contributed by atoms with Crippen LogP contribution in [0.4, 0.5) is 13.2 Å². The van der Waals surface area contributed by atoms with E-state index >= 15 is 0 Å². The number of nitrogens with zero attached hydrogens (tertiary/aromatic N) is 1. The number of hydrogen-bond donors (Lipinski definition) is 0. The fourth-order valence-corrected chi connectivity index (χ4v) is 1.78. The Morgan fingerprint density at radius 3 is 2.47 bits per heavy atom. The molecule has 0 unspecified atom stereocenters. The highest BCUT2D eigenvalue weighted by molar-refractivity contribution is 6.17. The van der Waals surface area contributed by atoms with Gasteiger partial charge in [-0.15, -0.1) is 11.6 Å². The van der Waals surface area contributed by atoms with Crippen LogP contribution in [0.3, 0.4) is 0 Å². The van der Waals surface area contributed by atoms with E-state index in [0.717, 1.165) is 6.07 Å². The number of nitriles is 1. The van der Waals surface area contributed by atoms with Gasteiger partial charge in [-0.3, -0.25) is 0 Å². The number of hydrogen-bond acceptors (Lipinski definition) is 1. The smallest absolute Gasteiger partial charge is 0.198 e. The fraction of sp³-hybridized carbons (Fsp3) is 0.417. The van der Waals surface area contributed by atoms with E-state index in [0.29, 0.717) is 18.7 Å². The summed E-state index contributed by atoms with van der Waals surface area (Å²) in [4.78, 5) is 0. The first-order valence-corrected chi connectivity index (χ1v) is 5.66. The van der Waals surface area contributed by atoms with Crippen LogP contribution in [-0.2, 0) is 6.18 Å². The van der Waals surface area contributed by atoms with Gasteiger partial charge in [-0.1, -0.05) is 18.2 Å². The third-order valence-electron chi connectivity index (χ3n) is 2.42. The zero-order valence-electron chi connectivity index (χ0n) is 8.97. The highest BCUT2D eigenvalue weighted by Crippen LogP contribution is 2.36. The van der Waals surface area contributed by atoms with Crippen LogP contribution in [0.15, 0.2) is 24.3 Å². The molecule has 0 saturated carbocycles. The summed E-state index contributed by atoms with van der Waals surface area (Å²) in [5, 5.41) is 8.94. The Morgan fingerprint density at radius 1 is 1.29 bits per heavy atom. The number of rotatable bonds is 4. The van der Waals surface area contributed by atoms with E-state index in [2.05, 4.69) is 0 Å². The summed E-state index contributed by atoms with van der Waals surface area (Å²) in [6, 6.07) is 7.09. The molecular formula is C12H11ClF3N. The summed E-state index contributed by atoms with van der Waals surface area (Å²) in [7, 11) is 0. The molecule has 1 aromatic rings. The summed E-state index contributed by atoms with van der Waals surface area (Å²) in [5.41, 5.74) is -0.700. The van der Waals surface area contributed by atoms with Crippen LogP contribution in [0.5, 0.6) is 0 Å². The van der Waals surface area contributed by atoms with E-state index in [1.54, 1.807) is 0 Å². The topological polar surface area (TPSA) is 23.8 Å². The van der Waals surface area contributed by atoms with Gasteiger partial charge in [0.15, 0.2) is 0 Å². The highest BCUT2D eigenvalue weighted by Gasteiger charge is 2.34. The summed E-state index contributed by atoms with van der Waals surface area (Å²) >= 11 is 5.49. The minimum Gasteiger partial charge on any atom is -0.198 e. The molecule has 1 rings (SSSR count). The van der Waals surface area contributed by atoms with Crippen molar-refractivity contribution in [3.63, 3.8) is 0 Å². The van der Waals surface area contributed by atoms with Gasteiger partial charge in [0.05, 0.1) is 17.6 Å². The molecule has 0 spiro atoms. The van der Waals surface area contributed by atoms with Gasteiger partial charge in [-0.2, -0.15) is 18.4 Å². The number of benzene rings is 1. The van der Waals surface area contributed by atoms with Crippen LogP contribution in [-0.4, -0.2) is 5.88 Å². The Hall–Kier alpha value is -1.21. The lowest BCUT2D eigenvalue weighted by Crippen LogP contribution is -2.11. The largest absolute Gasteiger partial charge is 0.416 e. The second-order valence-electron chi connectivity index (χ2n) is 3.60. The maximum Gasteiger partial charge on any atom is 0.416 e. The molecule has 0 aliphatic rings. The molecule has 0 fully saturated rings. The van der Waals surface area contributed by atoms with Crippen LogP contribution in [0.2, 0.25) is 0 Å². The maximum absolute atomic E-state index is 12.7. The Labute approximate surface area is 103 Å². The maximum atomic E-state index is 12.7. The molecule has 92 valence electrons. The van der Waals surface area contributed by atoms with Gasteiger partial charge in [0.25, 0.3) is 0 Å². The number of alkyl halides is 4. The predicted octanol–water partition coefficient (Wildman–Crippen LogP) is 4.33. The van der Waals surface area contributed by atoms with Crippen molar-refractivity contribution in [1.82, 2.24) is 0 Å². The van der Waals surface area contributed by atoms with Crippen molar-refractivity contribution in [1.29, 1.82) is 5.26 Å². The lowest BCUT2D eigenvalue weighted by atomic mass is 9.91. The van der Waals surface area contributed by atoms with Gasteiger partial charge in [-0.05, 0) is 24.5 Å². The van der Waals surface area contributed by atoms with Crippen LogP contribution in [0, 0.1) is 11.3 Å². The summed E-state index contributed by atoms with van der Waals surface area (Å²) in [6.45, 7) is 0. The van der Waals surface area contributed by atoms with E-state index in [9.17, 15) is 13.2 Å². The molecule has 1 nitrogen and oxygen atoms in total.